The van der Waals surface area contributed by atoms with Crippen molar-refractivity contribution in [3.8, 4) is 0 Å². The largest absolute Gasteiger partial charge is 0.352 e. The molecule has 0 aliphatic heterocycles. The fourth-order valence-electron chi connectivity index (χ4n) is 4.04. The van der Waals surface area contributed by atoms with Crippen molar-refractivity contribution in [1.29, 1.82) is 0 Å². The Morgan fingerprint density at radius 3 is 2.67 bits per heavy atom. The first-order valence-electron chi connectivity index (χ1n) is 9.50. The van der Waals surface area contributed by atoms with Gasteiger partial charge in [0.2, 0.25) is 5.56 Å². The molecule has 6 nitrogen and oxygen atoms in total. The molecular weight excluding hydrogens is 340 g/mol. The number of hydrogen-bond acceptors (Lipinski definition) is 3. The lowest BCUT2D eigenvalue weighted by atomic mass is 9.81. The van der Waals surface area contributed by atoms with Crippen molar-refractivity contribution in [2.75, 3.05) is 6.54 Å². The summed E-state index contributed by atoms with van der Waals surface area (Å²) in [4.78, 5) is 30.6. The highest BCUT2D eigenvalue weighted by Gasteiger charge is 2.26. The number of aromatic amines is 1. The van der Waals surface area contributed by atoms with Gasteiger partial charge >= 0.3 is 0 Å². The smallest absolute Gasteiger partial charge is 0.252 e. The van der Waals surface area contributed by atoms with Crippen molar-refractivity contribution in [3.63, 3.8) is 0 Å². The van der Waals surface area contributed by atoms with Gasteiger partial charge < -0.3 is 14.9 Å². The average Bonchev–Trinajstić information content (AvgIpc) is 3.04. The highest BCUT2D eigenvalue weighted by Crippen LogP contribution is 2.36. The van der Waals surface area contributed by atoms with Crippen LogP contribution in [0.3, 0.4) is 0 Å². The van der Waals surface area contributed by atoms with E-state index in [0.29, 0.717) is 23.9 Å². The Balaban J connectivity index is 1.33. The number of carbonyl (C=O) groups is 1. The molecule has 2 heterocycles. The third-order valence-corrected chi connectivity index (χ3v) is 5.63. The summed E-state index contributed by atoms with van der Waals surface area (Å²) in [6, 6.07) is 11.2. The van der Waals surface area contributed by atoms with E-state index < -0.39 is 0 Å². The van der Waals surface area contributed by atoms with Crippen LogP contribution in [0.5, 0.6) is 0 Å². The highest BCUT2D eigenvalue weighted by molar-refractivity contribution is 5.93. The minimum absolute atomic E-state index is 0.135. The lowest BCUT2D eigenvalue weighted by Crippen LogP contribution is -2.31. The van der Waals surface area contributed by atoms with E-state index in [-0.39, 0.29) is 11.5 Å². The molecule has 0 radical (unpaired) electrons. The lowest BCUT2D eigenvalue weighted by Gasteiger charge is -2.28. The number of aromatic nitrogens is 3. The molecular formula is C21H24N4O2. The second-order valence-electron chi connectivity index (χ2n) is 7.39. The van der Waals surface area contributed by atoms with Crippen molar-refractivity contribution >= 4 is 16.9 Å². The summed E-state index contributed by atoms with van der Waals surface area (Å²) in [6.45, 7) is 0.674. The number of fused-ring (bicyclic) bond motifs is 1. The number of rotatable bonds is 4. The van der Waals surface area contributed by atoms with Crippen LogP contribution < -0.4 is 10.9 Å². The number of H-pyrrole nitrogens is 1. The first-order chi connectivity index (χ1) is 13.1. The predicted molar refractivity (Wildman–Crippen MR) is 105 cm³/mol. The van der Waals surface area contributed by atoms with Gasteiger partial charge in [-0.3, -0.25) is 9.59 Å². The quantitative estimate of drug-likeness (QED) is 0.747. The molecule has 1 aliphatic carbocycles. The maximum Gasteiger partial charge on any atom is 0.252 e. The molecule has 1 saturated carbocycles. The number of imidazole rings is 1. The van der Waals surface area contributed by atoms with Crippen molar-refractivity contribution in [1.82, 2.24) is 19.9 Å². The number of pyridine rings is 1. The topological polar surface area (TPSA) is 79.8 Å². The molecule has 0 spiro atoms. The van der Waals surface area contributed by atoms with Crippen molar-refractivity contribution in [2.45, 2.75) is 31.6 Å². The second-order valence-corrected chi connectivity index (χ2v) is 7.39. The monoisotopic (exact) mass is 364 g/mol. The molecule has 4 rings (SSSR count). The van der Waals surface area contributed by atoms with E-state index in [1.807, 2.05) is 6.07 Å². The zero-order valence-corrected chi connectivity index (χ0v) is 15.4. The van der Waals surface area contributed by atoms with E-state index in [0.717, 1.165) is 31.2 Å². The molecule has 27 heavy (non-hydrogen) atoms. The van der Waals surface area contributed by atoms with Crippen molar-refractivity contribution in [2.24, 2.45) is 13.0 Å². The van der Waals surface area contributed by atoms with Crippen LogP contribution in [-0.2, 0) is 7.05 Å². The molecule has 2 aromatic heterocycles. The van der Waals surface area contributed by atoms with Crippen LogP contribution in [0.2, 0.25) is 0 Å². The Bertz CT molecular complexity index is 992. The molecule has 140 valence electrons. The van der Waals surface area contributed by atoms with Crippen LogP contribution >= 0.6 is 0 Å². The zero-order chi connectivity index (χ0) is 18.8. The summed E-state index contributed by atoms with van der Waals surface area (Å²) in [5.74, 6) is 2.01. The minimum Gasteiger partial charge on any atom is -0.352 e. The Morgan fingerprint density at radius 1 is 1.19 bits per heavy atom. The maximum atomic E-state index is 12.2. The van der Waals surface area contributed by atoms with Gasteiger partial charge in [-0.1, -0.05) is 12.1 Å². The molecule has 3 aromatic rings. The summed E-state index contributed by atoms with van der Waals surface area (Å²) < 4.78 is 2.22. The Hall–Kier alpha value is -2.89. The number of aryl methyl sites for hydroxylation is 1. The Labute approximate surface area is 157 Å². The third-order valence-electron chi connectivity index (χ3n) is 5.63. The van der Waals surface area contributed by atoms with E-state index in [9.17, 15) is 9.59 Å². The number of benzene rings is 1. The zero-order valence-electron chi connectivity index (χ0n) is 15.4. The molecule has 6 heteroatoms. The molecule has 1 fully saturated rings. The first-order valence-corrected chi connectivity index (χ1v) is 9.50. The standard InChI is InChI=1S/C21H24N4O2/c1-25-18-5-3-2-4-17(18)24-20(25)15-8-6-14(7-9-15)12-23-21(27)16-10-11-19(26)22-13-16/h2-5,10-11,13-15H,6-9,12H2,1H3,(H,22,26)(H,23,27). The van der Waals surface area contributed by atoms with E-state index >= 15 is 0 Å². The molecule has 1 aliphatic rings. The highest BCUT2D eigenvalue weighted by atomic mass is 16.1. The predicted octanol–water partition coefficient (Wildman–Crippen LogP) is 2.97. The van der Waals surface area contributed by atoms with Crippen molar-refractivity contribution < 1.29 is 4.79 Å². The van der Waals surface area contributed by atoms with Crippen molar-refractivity contribution in [3.05, 3.63) is 64.3 Å². The molecule has 1 amide bonds. The summed E-state index contributed by atoms with van der Waals surface area (Å²) in [7, 11) is 2.10. The minimum atomic E-state index is -0.202. The molecule has 0 atom stereocenters. The van der Waals surface area contributed by atoms with Gasteiger partial charge in [-0.2, -0.15) is 0 Å². The summed E-state index contributed by atoms with van der Waals surface area (Å²) in [6.07, 6.45) is 5.81. The van der Waals surface area contributed by atoms with Crippen LogP contribution in [0, 0.1) is 5.92 Å². The third kappa shape index (κ3) is 3.65. The first kappa shape index (κ1) is 17.5. The van der Waals surface area contributed by atoms with Crippen LogP contribution in [0.1, 0.15) is 47.8 Å². The number of hydrogen-bond donors (Lipinski definition) is 2. The van der Waals surface area contributed by atoms with Gasteiger partial charge in [0.25, 0.3) is 5.91 Å². The summed E-state index contributed by atoms with van der Waals surface area (Å²) in [5, 5.41) is 2.99. The van der Waals surface area contributed by atoms with E-state index in [4.69, 9.17) is 4.98 Å². The van der Waals surface area contributed by atoms with Gasteiger partial charge in [0.05, 0.1) is 16.6 Å². The van der Waals surface area contributed by atoms with E-state index in [1.54, 1.807) is 6.07 Å². The van der Waals surface area contributed by atoms with Crippen LogP contribution in [-0.4, -0.2) is 27.0 Å². The normalized spacial score (nSPS) is 19.9. The molecule has 0 saturated heterocycles. The van der Waals surface area contributed by atoms with E-state index in [1.165, 1.54) is 23.6 Å². The van der Waals surface area contributed by atoms with Crippen LogP contribution in [0.25, 0.3) is 11.0 Å². The summed E-state index contributed by atoms with van der Waals surface area (Å²) in [5.41, 5.74) is 2.53. The van der Waals surface area contributed by atoms with Gasteiger partial charge in [0, 0.05) is 31.8 Å². The van der Waals surface area contributed by atoms with Gasteiger partial charge in [0.1, 0.15) is 5.82 Å². The number of nitrogens with one attached hydrogen (secondary N) is 2. The fraction of sp³-hybridized carbons (Fsp3) is 0.381. The molecule has 0 bridgehead atoms. The molecule has 2 N–H and O–H groups in total. The van der Waals surface area contributed by atoms with Gasteiger partial charge in [0.15, 0.2) is 0 Å². The second kappa shape index (κ2) is 7.39. The van der Waals surface area contributed by atoms with Gasteiger partial charge in [-0.05, 0) is 49.8 Å². The number of amides is 1. The van der Waals surface area contributed by atoms with E-state index in [2.05, 4.69) is 40.1 Å². The SMILES string of the molecule is Cn1c(C2CCC(CNC(=O)c3ccc(=O)[nH]c3)CC2)nc2ccccc21. The van der Waals surface area contributed by atoms with Gasteiger partial charge in [-0.25, -0.2) is 4.98 Å². The fourth-order valence-corrected chi connectivity index (χ4v) is 4.04. The van der Waals surface area contributed by atoms with Crippen LogP contribution in [0.4, 0.5) is 0 Å². The number of para-hydroxylation sites is 2. The Kier molecular flexibility index (Phi) is 4.79. The molecule has 0 unspecified atom stereocenters. The average molecular weight is 364 g/mol. The maximum absolute atomic E-state index is 12.2. The van der Waals surface area contributed by atoms with Gasteiger partial charge in [-0.15, -0.1) is 0 Å². The van der Waals surface area contributed by atoms with Crippen LogP contribution in [0.15, 0.2) is 47.4 Å². The molecule has 1 aromatic carbocycles. The number of nitrogens with zero attached hydrogens (tertiary/aromatic N) is 2. The summed E-state index contributed by atoms with van der Waals surface area (Å²) >= 11 is 0. The Morgan fingerprint density at radius 2 is 1.96 bits per heavy atom. The lowest BCUT2D eigenvalue weighted by molar-refractivity contribution is 0.0942. The number of carbonyl (C=O) groups excluding carboxylic acids is 1.